The van der Waals surface area contributed by atoms with Gasteiger partial charge in [-0.15, -0.1) is 0 Å². The SMILES string of the molecule is Cc1nn(-c2ccccc2)c(C)c1CC(=O)NCc1cccc(C(N)=O)c1. The van der Waals surface area contributed by atoms with Gasteiger partial charge in [-0.25, -0.2) is 4.68 Å². The van der Waals surface area contributed by atoms with Crippen LogP contribution < -0.4 is 11.1 Å². The van der Waals surface area contributed by atoms with Gasteiger partial charge in [0.1, 0.15) is 0 Å². The van der Waals surface area contributed by atoms with Crippen molar-refractivity contribution < 1.29 is 9.59 Å². The Labute approximate surface area is 158 Å². The van der Waals surface area contributed by atoms with E-state index in [4.69, 9.17) is 5.73 Å². The summed E-state index contributed by atoms with van der Waals surface area (Å²) in [6, 6.07) is 16.8. The van der Waals surface area contributed by atoms with Crippen molar-refractivity contribution in [3.63, 3.8) is 0 Å². The highest BCUT2D eigenvalue weighted by Crippen LogP contribution is 2.18. The lowest BCUT2D eigenvalue weighted by Gasteiger charge is -2.08. The summed E-state index contributed by atoms with van der Waals surface area (Å²) < 4.78 is 1.86. The molecule has 2 amide bonds. The van der Waals surface area contributed by atoms with E-state index in [1.54, 1.807) is 18.2 Å². The molecule has 0 atom stereocenters. The van der Waals surface area contributed by atoms with Crippen molar-refractivity contribution >= 4 is 11.8 Å². The number of amides is 2. The fourth-order valence-corrected chi connectivity index (χ4v) is 3.01. The summed E-state index contributed by atoms with van der Waals surface area (Å²) in [5.74, 6) is -0.582. The zero-order valence-corrected chi connectivity index (χ0v) is 15.4. The van der Waals surface area contributed by atoms with E-state index in [0.29, 0.717) is 12.1 Å². The van der Waals surface area contributed by atoms with Gasteiger partial charge in [-0.05, 0) is 43.7 Å². The third kappa shape index (κ3) is 4.23. The number of hydrogen-bond acceptors (Lipinski definition) is 3. The van der Waals surface area contributed by atoms with E-state index in [1.807, 2.05) is 54.9 Å². The number of nitrogens with one attached hydrogen (secondary N) is 1. The Hall–Kier alpha value is -3.41. The number of para-hydroxylation sites is 1. The average molecular weight is 362 g/mol. The molecule has 1 heterocycles. The standard InChI is InChI=1S/C21H22N4O2/c1-14-19(15(2)25(24-14)18-9-4-3-5-10-18)12-20(26)23-13-16-7-6-8-17(11-16)21(22)27/h3-11H,12-13H2,1-2H3,(H2,22,27)(H,23,26). The first kappa shape index (κ1) is 18.4. The number of benzene rings is 2. The van der Waals surface area contributed by atoms with Gasteiger partial charge >= 0.3 is 0 Å². The summed E-state index contributed by atoms with van der Waals surface area (Å²) >= 11 is 0. The molecule has 0 radical (unpaired) electrons. The number of rotatable bonds is 6. The number of aromatic nitrogens is 2. The third-order valence-corrected chi connectivity index (χ3v) is 4.48. The molecule has 3 aromatic rings. The van der Waals surface area contributed by atoms with Crippen LogP contribution in [0, 0.1) is 13.8 Å². The number of aryl methyl sites for hydroxylation is 1. The Morgan fingerprint density at radius 3 is 2.52 bits per heavy atom. The first-order valence-corrected chi connectivity index (χ1v) is 8.71. The molecule has 0 saturated carbocycles. The summed E-state index contributed by atoms with van der Waals surface area (Å²) in [4.78, 5) is 23.7. The molecule has 3 rings (SSSR count). The first-order valence-electron chi connectivity index (χ1n) is 8.71. The van der Waals surface area contributed by atoms with Crippen LogP contribution in [0.15, 0.2) is 54.6 Å². The minimum Gasteiger partial charge on any atom is -0.366 e. The highest BCUT2D eigenvalue weighted by molar-refractivity contribution is 5.92. The van der Waals surface area contributed by atoms with E-state index in [9.17, 15) is 9.59 Å². The van der Waals surface area contributed by atoms with Gasteiger partial charge in [0.05, 0.1) is 17.8 Å². The van der Waals surface area contributed by atoms with Crippen molar-refractivity contribution in [3.8, 4) is 5.69 Å². The second kappa shape index (κ2) is 7.86. The number of hydrogen-bond donors (Lipinski definition) is 2. The molecule has 2 aromatic carbocycles. The van der Waals surface area contributed by atoms with Crippen LogP contribution in [-0.2, 0) is 17.8 Å². The molecule has 6 heteroatoms. The molecule has 0 spiro atoms. The van der Waals surface area contributed by atoms with Crippen molar-refractivity contribution in [2.45, 2.75) is 26.8 Å². The predicted octanol–water partition coefficient (Wildman–Crippen LogP) is 2.45. The van der Waals surface area contributed by atoms with Crippen LogP contribution in [0.3, 0.4) is 0 Å². The molecular weight excluding hydrogens is 340 g/mol. The molecule has 27 heavy (non-hydrogen) atoms. The van der Waals surface area contributed by atoms with Crippen LogP contribution in [0.2, 0.25) is 0 Å². The maximum absolute atomic E-state index is 12.4. The van der Waals surface area contributed by atoms with Gasteiger partial charge in [0.25, 0.3) is 0 Å². The second-order valence-corrected chi connectivity index (χ2v) is 6.41. The molecule has 0 unspecified atom stereocenters. The van der Waals surface area contributed by atoms with Crippen LogP contribution in [-0.4, -0.2) is 21.6 Å². The van der Waals surface area contributed by atoms with Crippen LogP contribution in [0.5, 0.6) is 0 Å². The van der Waals surface area contributed by atoms with Gasteiger partial charge in [0.2, 0.25) is 11.8 Å². The lowest BCUT2D eigenvalue weighted by atomic mass is 10.1. The van der Waals surface area contributed by atoms with E-state index in [2.05, 4.69) is 10.4 Å². The number of primary amides is 1. The van der Waals surface area contributed by atoms with Gasteiger partial charge in [-0.1, -0.05) is 30.3 Å². The molecule has 138 valence electrons. The smallest absolute Gasteiger partial charge is 0.248 e. The summed E-state index contributed by atoms with van der Waals surface area (Å²) in [6.45, 7) is 4.21. The predicted molar refractivity (Wildman–Crippen MR) is 104 cm³/mol. The van der Waals surface area contributed by atoms with Crippen LogP contribution in [0.25, 0.3) is 5.69 Å². The van der Waals surface area contributed by atoms with E-state index < -0.39 is 5.91 Å². The lowest BCUT2D eigenvalue weighted by Crippen LogP contribution is -2.25. The van der Waals surface area contributed by atoms with E-state index in [-0.39, 0.29) is 12.3 Å². The number of nitrogens with two attached hydrogens (primary N) is 1. The van der Waals surface area contributed by atoms with Gasteiger partial charge in [0.15, 0.2) is 0 Å². The molecule has 1 aromatic heterocycles. The van der Waals surface area contributed by atoms with Gasteiger partial charge < -0.3 is 11.1 Å². The largest absolute Gasteiger partial charge is 0.366 e. The highest BCUT2D eigenvalue weighted by Gasteiger charge is 2.16. The Morgan fingerprint density at radius 2 is 1.81 bits per heavy atom. The average Bonchev–Trinajstić information content (AvgIpc) is 2.95. The quantitative estimate of drug-likeness (QED) is 0.706. The lowest BCUT2D eigenvalue weighted by molar-refractivity contribution is -0.120. The maximum Gasteiger partial charge on any atom is 0.248 e. The minimum atomic E-state index is -0.484. The molecule has 0 saturated heterocycles. The second-order valence-electron chi connectivity index (χ2n) is 6.41. The van der Waals surface area contributed by atoms with Crippen LogP contribution in [0.4, 0.5) is 0 Å². The van der Waals surface area contributed by atoms with Crippen LogP contribution >= 0.6 is 0 Å². The molecule has 0 aliphatic rings. The molecule has 0 aliphatic heterocycles. The number of carbonyl (C=O) groups excluding carboxylic acids is 2. The zero-order valence-electron chi connectivity index (χ0n) is 15.4. The molecule has 3 N–H and O–H groups in total. The summed E-state index contributed by atoms with van der Waals surface area (Å²) in [7, 11) is 0. The molecule has 6 nitrogen and oxygen atoms in total. The van der Waals surface area contributed by atoms with Crippen molar-refractivity contribution in [3.05, 3.63) is 82.7 Å². The Balaban J connectivity index is 1.69. The number of nitrogens with zero attached hydrogens (tertiary/aromatic N) is 2. The monoisotopic (exact) mass is 362 g/mol. The fraction of sp³-hybridized carbons (Fsp3) is 0.190. The maximum atomic E-state index is 12.4. The minimum absolute atomic E-state index is 0.0988. The summed E-state index contributed by atoms with van der Waals surface area (Å²) in [6.07, 6.45) is 0.250. The van der Waals surface area contributed by atoms with Crippen molar-refractivity contribution in [2.75, 3.05) is 0 Å². The van der Waals surface area contributed by atoms with E-state index >= 15 is 0 Å². The highest BCUT2D eigenvalue weighted by atomic mass is 16.1. The summed E-state index contributed by atoms with van der Waals surface area (Å²) in [5.41, 5.74) is 10.2. The van der Waals surface area contributed by atoms with Crippen molar-refractivity contribution in [2.24, 2.45) is 5.73 Å². The van der Waals surface area contributed by atoms with Crippen molar-refractivity contribution in [1.29, 1.82) is 0 Å². The van der Waals surface area contributed by atoms with Crippen molar-refractivity contribution in [1.82, 2.24) is 15.1 Å². The normalized spacial score (nSPS) is 10.6. The first-order chi connectivity index (χ1) is 13.0. The van der Waals surface area contributed by atoms with E-state index in [1.165, 1.54) is 0 Å². The van der Waals surface area contributed by atoms with Gasteiger partial charge in [0, 0.05) is 23.4 Å². The topological polar surface area (TPSA) is 90.0 Å². The number of carbonyl (C=O) groups is 2. The van der Waals surface area contributed by atoms with Crippen LogP contribution in [0.1, 0.15) is 32.9 Å². The fourth-order valence-electron chi connectivity index (χ4n) is 3.01. The van der Waals surface area contributed by atoms with E-state index in [0.717, 1.165) is 28.2 Å². The van der Waals surface area contributed by atoms with Gasteiger partial charge in [-0.3, -0.25) is 9.59 Å². The summed E-state index contributed by atoms with van der Waals surface area (Å²) in [5, 5.41) is 7.46. The molecule has 0 bridgehead atoms. The molecular formula is C21H22N4O2. The zero-order chi connectivity index (χ0) is 19.4. The van der Waals surface area contributed by atoms with Gasteiger partial charge in [-0.2, -0.15) is 5.10 Å². The Bertz CT molecular complexity index is 977. The molecule has 0 aliphatic carbocycles. The third-order valence-electron chi connectivity index (χ3n) is 4.48. The Kier molecular flexibility index (Phi) is 5.35. The Morgan fingerprint density at radius 1 is 1.07 bits per heavy atom. The molecule has 0 fully saturated rings.